The number of hydrogen-bond acceptors (Lipinski definition) is 3. The van der Waals surface area contributed by atoms with Crippen molar-refractivity contribution in [2.45, 2.75) is 13.3 Å². The van der Waals surface area contributed by atoms with Crippen LogP contribution in [0.4, 0.5) is 4.39 Å². The molecular formula is C20H22FN3O2. The number of rotatable bonds is 4. The minimum absolute atomic E-state index is 0.00160. The Hall–Kier alpha value is -2.76. The van der Waals surface area contributed by atoms with E-state index in [2.05, 4.69) is 4.98 Å². The van der Waals surface area contributed by atoms with Gasteiger partial charge in [-0.25, -0.2) is 4.39 Å². The molecule has 1 aromatic carbocycles. The van der Waals surface area contributed by atoms with Crippen LogP contribution >= 0.6 is 0 Å². The molecule has 2 amide bonds. The summed E-state index contributed by atoms with van der Waals surface area (Å²) in [6, 6.07) is 10.0. The highest BCUT2D eigenvalue weighted by Gasteiger charge is 2.27. The molecule has 1 atom stereocenters. The molecule has 0 radical (unpaired) electrons. The van der Waals surface area contributed by atoms with Crippen LogP contribution in [0.2, 0.25) is 0 Å². The van der Waals surface area contributed by atoms with Crippen molar-refractivity contribution in [1.82, 2.24) is 14.8 Å². The van der Waals surface area contributed by atoms with Crippen LogP contribution in [0, 0.1) is 11.7 Å². The third-order valence-electron chi connectivity index (χ3n) is 4.69. The highest BCUT2D eigenvalue weighted by atomic mass is 19.1. The van der Waals surface area contributed by atoms with E-state index in [1.165, 1.54) is 6.07 Å². The fourth-order valence-electron chi connectivity index (χ4n) is 3.19. The number of carbonyl (C=O) groups is 2. The Morgan fingerprint density at radius 3 is 2.42 bits per heavy atom. The van der Waals surface area contributed by atoms with Gasteiger partial charge in [-0.15, -0.1) is 0 Å². The van der Waals surface area contributed by atoms with Crippen molar-refractivity contribution < 1.29 is 14.0 Å². The van der Waals surface area contributed by atoms with E-state index in [0.29, 0.717) is 43.7 Å². The van der Waals surface area contributed by atoms with E-state index in [9.17, 15) is 14.0 Å². The standard InChI is InChI=1S/C20H22FN3O2/c1-15(13-16-5-2-3-7-18(16)21)19(25)23-9-11-24(12-10-23)20(26)17-6-4-8-22-14-17/h2-8,14-15H,9-13H2,1H3. The van der Waals surface area contributed by atoms with E-state index in [1.807, 2.05) is 6.92 Å². The maximum atomic E-state index is 13.8. The quantitative estimate of drug-likeness (QED) is 0.846. The summed E-state index contributed by atoms with van der Waals surface area (Å²) >= 11 is 0. The molecule has 2 heterocycles. The maximum absolute atomic E-state index is 13.8. The number of hydrogen-bond donors (Lipinski definition) is 0. The summed E-state index contributed by atoms with van der Waals surface area (Å²) in [7, 11) is 0. The molecule has 1 aromatic heterocycles. The van der Waals surface area contributed by atoms with Crippen LogP contribution in [-0.2, 0) is 11.2 Å². The lowest BCUT2D eigenvalue weighted by Crippen LogP contribution is -2.51. The Labute approximate surface area is 152 Å². The number of aromatic nitrogens is 1. The summed E-state index contributed by atoms with van der Waals surface area (Å²) in [5, 5.41) is 0. The molecule has 3 rings (SSSR count). The molecule has 26 heavy (non-hydrogen) atoms. The zero-order valence-corrected chi connectivity index (χ0v) is 14.8. The number of piperazine rings is 1. The Bertz CT molecular complexity index is 774. The number of amides is 2. The van der Waals surface area contributed by atoms with Gasteiger partial charge in [0.1, 0.15) is 5.82 Å². The molecule has 0 N–H and O–H groups in total. The summed E-state index contributed by atoms with van der Waals surface area (Å²) in [5.74, 6) is -0.641. The molecule has 0 spiro atoms. The van der Waals surface area contributed by atoms with Gasteiger partial charge in [0.25, 0.3) is 5.91 Å². The average Bonchev–Trinajstić information content (AvgIpc) is 2.69. The SMILES string of the molecule is CC(Cc1ccccc1F)C(=O)N1CCN(C(=O)c2cccnc2)CC1. The van der Waals surface area contributed by atoms with Gasteiger partial charge in [-0.3, -0.25) is 14.6 Å². The van der Waals surface area contributed by atoms with Crippen molar-refractivity contribution >= 4 is 11.8 Å². The molecule has 0 aliphatic carbocycles. The lowest BCUT2D eigenvalue weighted by atomic mass is 9.99. The topological polar surface area (TPSA) is 53.5 Å². The van der Waals surface area contributed by atoms with E-state index in [4.69, 9.17) is 0 Å². The largest absolute Gasteiger partial charge is 0.339 e. The minimum Gasteiger partial charge on any atom is -0.339 e. The Kier molecular flexibility index (Phi) is 5.61. The van der Waals surface area contributed by atoms with Crippen LogP contribution in [0.25, 0.3) is 0 Å². The summed E-state index contributed by atoms with van der Waals surface area (Å²) in [5.41, 5.74) is 1.11. The third-order valence-corrected chi connectivity index (χ3v) is 4.69. The second-order valence-corrected chi connectivity index (χ2v) is 6.56. The van der Waals surface area contributed by atoms with E-state index < -0.39 is 0 Å². The van der Waals surface area contributed by atoms with Crippen molar-refractivity contribution in [1.29, 1.82) is 0 Å². The van der Waals surface area contributed by atoms with Gasteiger partial charge in [0.2, 0.25) is 5.91 Å². The van der Waals surface area contributed by atoms with Crippen LogP contribution in [0.1, 0.15) is 22.8 Å². The molecule has 1 aliphatic heterocycles. The van der Waals surface area contributed by atoms with Gasteiger partial charge in [0.15, 0.2) is 0 Å². The Morgan fingerprint density at radius 2 is 1.77 bits per heavy atom. The van der Waals surface area contributed by atoms with Crippen LogP contribution in [-0.4, -0.2) is 52.8 Å². The smallest absolute Gasteiger partial charge is 0.255 e. The first-order valence-electron chi connectivity index (χ1n) is 8.77. The Morgan fingerprint density at radius 1 is 1.08 bits per heavy atom. The summed E-state index contributed by atoms with van der Waals surface area (Å²) < 4.78 is 13.8. The van der Waals surface area contributed by atoms with E-state index >= 15 is 0 Å². The van der Waals surface area contributed by atoms with Crippen LogP contribution < -0.4 is 0 Å². The van der Waals surface area contributed by atoms with E-state index in [1.54, 1.807) is 52.5 Å². The first-order valence-corrected chi connectivity index (χ1v) is 8.77. The van der Waals surface area contributed by atoms with Gasteiger partial charge in [-0.2, -0.15) is 0 Å². The van der Waals surface area contributed by atoms with Crippen molar-refractivity contribution in [2.75, 3.05) is 26.2 Å². The van der Waals surface area contributed by atoms with Gasteiger partial charge in [0.05, 0.1) is 5.56 Å². The summed E-state index contributed by atoms with van der Waals surface area (Å²) in [6.07, 6.45) is 3.56. The molecule has 1 fully saturated rings. The normalized spacial score (nSPS) is 15.6. The first kappa shape index (κ1) is 18.0. The number of carbonyl (C=O) groups excluding carboxylic acids is 2. The molecule has 5 nitrogen and oxygen atoms in total. The van der Waals surface area contributed by atoms with Gasteiger partial charge in [0, 0.05) is 44.5 Å². The van der Waals surface area contributed by atoms with Gasteiger partial charge < -0.3 is 9.80 Å². The second kappa shape index (κ2) is 8.08. The fourth-order valence-corrected chi connectivity index (χ4v) is 3.19. The third kappa shape index (κ3) is 4.07. The zero-order chi connectivity index (χ0) is 18.5. The number of nitrogens with zero attached hydrogens (tertiary/aromatic N) is 3. The van der Waals surface area contributed by atoms with Crippen molar-refractivity contribution in [3.63, 3.8) is 0 Å². The molecule has 0 saturated carbocycles. The van der Waals surface area contributed by atoms with Gasteiger partial charge in [-0.1, -0.05) is 25.1 Å². The van der Waals surface area contributed by atoms with Crippen molar-refractivity contribution in [3.8, 4) is 0 Å². The monoisotopic (exact) mass is 355 g/mol. The predicted molar refractivity (Wildman–Crippen MR) is 96.0 cm³/mol. The molecule has 1 unspecified atom stereocenters. The minimum atomic E-state index is -0.299. The molecule has 0 bridgehead atoms. The Balaban J connectivity index is 1.55. The zero-order valence-electron chi connectivity index (χ0n) is 14.8. The van der Waals surface area contributed by atoms with E-state index in [-0.39, 0.29) is 23.5 Å². The molecule has 136 valence electrons. The highest BCUT2D eigenvalue weighted by molar-refractivity contribution is 5.94. The predicted octanol–water partition coefficient (Wildman–Crippen LogP) is 2.38. The number of pyridine rings is 1. The van der Waals surface area contributed by atoms with Gasteiger partial charge >= 0.3 is 0 Å². The van der Waals surface area contributed by atoms with Gasteiger partial charge in [-0.05, 0) is 30.2 Å². The van der Waals surface area contributed by atoms with E-state index in [0.717, 1.165) is 0 Å². The lowest BCUT2D eigenvalue weighted by molar-refractivity contribution is -0.136. The van der Waals surface area contributed by atoms with Crippen molar-refractivity contribution in [3.05, 3.63) is 65.7 Å². The summed E-state index contributed by atoms with van der Waals surface area (Å²) in [6.45, 7) is 3.79. The molecule has 2 aromatic rings. The maximum Gasteiger partial charge on any atom is 0.255 e. The molecule has 1 aliphatic rings. The first-order chi connectivity index (χ1) is 12.6. The molecule has 1 saturated heterocycles. The summed E-state index contributed by atoms with van der Waals surface area (Å²) in [4.78, 5) is 32.6. The highest BCUT2D eigenvalue weighted by Crippen LogP contribution is 2.16. The van der Waals surface area contributed by atoms with Crippen LogP contribution in [0.3, 0.4) is 0 Å². The average molecular weight is 355 g/mol. The molecule has 6 heteroatoms. The fraction of sp³-hybridized carbons (Fsp3) is 0.350. The molecular weight excluding hydrogens is 333 g/mol. The number of halogens is 1. The van der Waals surface area contributed by atoms with Crippen molar-refractivity contribution in [2.24, 2.45) is 5.92 Å². The van der Waals surface area contributed by atoms with Crippen LogP contribution in [0.5, 0.6) is 0 Å². The lowest BCUT2D eigenvalue weighted by Gasteiger charge is -2.36. The number of benzene rings is 1. The van der Waals surface area contributed by atoms with Crippen LogP contribution in [0.15, 0.2) is 48.8 Å². The second-order valence-electron chi connectivity index (χ2n) is 6.56.